The predicted molar refractivity (Wildman–Crippen MR) is 74.1 cm³/mol. The second-order valence-electron chi connectivity index (χ2n) is 4.43. The van der Waals surface area contributed by atoms with Crippen molar-refractivity contribution in [3.8, 4) is 0 Å². The van der Waals surface area contributed by atoms with Crippen LogP contribution in [0.2, 0.25) is 0 Å². The van der Waals surface area contributed by atoms with Crippen molar-refractivity contribution in [3.63, 3.8) is 0 Å². The standard InChI is InChI=1S/C13H18F2N2O3S/c1-4-17(5-2)13(18)9-16(3)21(19,20)12-7-10(14)6-11(15)8-12/h6-8H,4-5,9H2,1-3H3. The quantitative estimate of drug-likeness (QED) is 0.797. The van der Waals surface area contributed by atoms with Gasteiger partial charge in [-0.05, 0) is 26.0 Å². The third kappa shape index (κ3) is 4.21. The number of likely N-dealkylation sites (N-methyl/N-ethyl adjacent to an activating group) is 2. The summed E-state index contributed by atoms with van der Waals surface area (Å²) in [6, 6.07) is 2.02. The SMILES string of the molecule is CCN(CC)C(=O)CN(C)S(=O)(=O)c1cc(F)cc(F)c1. The Hall–Kier alpha value is -1.54. The van der Waals surface area contributed by atoms with Crippen LogP contribution in [0.4, 0.5) is 8.78 Å². The maximum atomic E-state index is 13.1. The first-order valence-corrected chi connectivity index (χ1v) is 7.86. The fourth-order valence-electron chi connectivity index (χ4n) is 1.81. The van der Waals surface area contributed by atoms with Gasteiger partial charge in [0.2, 0.25) is 15.9 Å². The van der Waals surface area contributed by atoms with Crippen LogP contribution in [0, 0.1) is 11.6 Å². The summed E-state index contributed by atoms with van der Waals surface area (Å²) in [4.78, 5) is 12.9. The number of halogens is 2. The highest BCUT2D eigenvalue weighted by Gasteiger charge is 2.25. The van der Waals surface area contributed by atoms with E-state index in [1.165, 1.54) is 11.9 Å². The average molecular weight is 320 g/mol. The lowest BCUT2D eigenvalue weighted by molar-refractivity contribution is -0.130. The monoisotopic (exact) mass is 320 g/mol. The summed E-state index contributed by atoms with van der Waals surface area (Å²) in [5.74, 6) is -2.35. The molecule has 0 unspecified atom stereocenters. The highest BCUT2D eigenvalue weighted by molar-refractivity contribution is 7.89. The van der Waals surface area contributed by atoms with Crippen molar-refractivity contribution in [2.75, 3.05) is 26.7 Å². The average Bonchev–Trinajstić information content (AvgIpc) is 2.38. The lowest BCUT2D eigenvalue weighted by atomic mass is 10.3. The van der Waals surface area contributed by atoms with Crippen molar-refractivity contribution in [1.82, 2.24) is 9.21 Å². The number of carbonyl (C=O) groups excluding carboxylic acids is 1. The van der Waals surface area contributed by atoms with E-state index in [1.807, 2.05) is 0 Å². The zero-order valence-corrected chi connectivity index (χ0v) is 13.0. The van der Waals surface area contributed by atoms with Crippen LogP contribution in [0.3, 0.4) is 0 Å². The second kappa shape index (κ2) is 6.95. The van der Waals surface area contributed by atoms with E-state index in [9.17, 15) is 22.0 Å². The molecule has 0 heterocycles. The van der Waals surface area contributed by atoms with Gasteiger partial charge in [-0.1, -0.05) is 0 Å². The van der Waals surface area contributed by atoms with E-state index < -0.39 is 26.6 Å². The maximum Gasteiger partial charge on any atom is 0.243 e. The van der Waals surface area contributed by atoms with Gasteiger partial charge in [-0.15, -0.1) is 0 Å². The normalized spacial score (nSPS) is 11.7. The van der Waals surface area contributed by atoms with E-state index in [0.717, 1.165) is 16.4 Å². The first-order chi connectivity index (χ1) is 9.72. The number of hydrogen-bond donors (Lipinski definition) is 0. The molecule has 0 spiro atoms. The van der Waals surface area contributed by atoms with E-state index in [0.29, 0.717) is 19.2 Å². The molecule has 21 heavy (non-hydrogen) atoms. The number of nitrogens with zero attached hydrogens (tertiary/aromatic N) is 2. The van der Waals surface area contributed by atoms with Crippen molar-refractivity contribution < 1.29 is 22.0 Å². The molecule has 0 aliphatic carbocycles. The molecule has 1 aromatic carbocycles. The third-order valence-electron chi connectivity index (χ3n) is 3.02. The Morgan fingerprint density at radius 1 is 1.10 bits per heavy atom. The predicted octanol–water partition coefficient (Wildman–Crippen LogP) is 1.45. The Labute approximate surface area is 123 Å². The lowest BCUT2D eigenvalue weighted by Gasteiger charge is -2.23. The van der Waals surface area contributed by atoms with Gasteiger partial charge in [0.25, 0.3) is 0 Å². The van der Waals surface area contributed by atoms with E-state index in [4.69, 9.17) is 0 Å². The highest BCUT2D eigenvalue weighted by Crippen LogP contribution is 2.17. The molecule has 0 saturated heterocycles. The zero-order valence-electron chi connectivity index (χ0n) is 12.1. The van der Waals surface area contributed by atoms with Gasteiger partial charge in [0.15, 0.2) is 0 Å². The van der Waals surface area contributed by atoms with Gasteiger partial charge in [-0.25, -0.2) is 17.2 Å². The number of amides is 1. The third-order valence-corrected chi connectivity index (χ3v) is 4.80. The summed E-state index contributed by atoms with van der Waals surface area (Å²) in [7, 11) is -2.93. The molecule has 0 aliphatic rings. The second-order valence-corrected chi connectivity index (χ2v) is 6.48. The molecule has 0 bridgehead atoms. The van der Waals surface area contributed by atoms with Crippen molar-refractivity contribution in [3.05, 3.63) is 29.8 Å². The van der Waals surface area contributed by atoms with Gasteiger partial charge in [-0.3, -0.25) is 4.79 Å². The first-order valence-electron chi connectivity index (χ1n) is 6.42. The Morgan fingerprint density at radius 3 is 2.00 bits per heavy atom. The Kier molecular flexibility index (Phi) is 5.79. The molecular formula is C13H18F2N2O3S. The number of benzene rings is 1. The molecule has 0 aromatic heterocycles. The van der Waals surface area contributed by atoms with E-state index in [-0.39, 0.29) is 12.5 Å². The highest BCUT2D eigenvalue weighted by atomic mass is 32.2. The molecule has 0 radical (unpaired) electrons. The number of sulfonamides is 1. The van der Waals surface area contributed by atoms with Crippen molar-refractivity contribution in [2.45, 2.75) is 18.7 Å². The van der Waals surface area contributed by atoms with E-state index in [2.05, 4.69) is 0 Å². The molecule has 5 nitrogen and oxygen atoms in total. The van der Waals surface area contributed by atoms with Crippen molar-refractivity contribution in [1.29, 1.82) is 0 Å². The Balaban J connectivity index is 2.99. The van der Waals surface area contributed by atoms with Gasteiger partial charge >= 0.3 is 0 Å². The smallest absolute Gasteiger partial charge is 0.243 e. The van der Waals surface area contributed by atoms with Gasteiger partial charge < -0.3 is 4.90 Å². The molecule has 1 amide bonds. The molecule has 8 heteroatoms. The van der Waals surface area contributed by atoms with Crippen LogP contribution in [0.1, 0.15) is 13.8 Å². The number of rotatable bonds is 6. The van der Waals surface area contributed by atoms with Crippen LogP contribution in [0.5, 0.6) is 0 Å². The number of carbonyl (C=O) groups is 1. The van der Waals surface area contributed by atoms with Crippen LogP contribution in [-0.2, 0) is 14.8 Å². The summed E-state index contributed by atoms with van der Waals surface area (Å²) < 4.78 is 51.4. The summed E-state index contributed by atoms with van der Waals surface area (Å²) in [6.45, 7) is 4.08. The van der Waals surface area contributed by atoms with Gasteiger partial charge in [0, 0.05) is 26.2 Å². The summed E-state index contributed by atoms with van der Waals surface area (Å²) in [6.07, 6.45) is 0. The van der Waals surface area contributed by atoms with Gasteiger partial charge in [0.05, 0.1) is 11.4 Å². The van der Waals surface area contributed by atoms with Gasteiger partial charge in [0.1, 0.15) is 11.6 Å². The molecule has 0 aliphatic heterocycles. The largest absolute Gasteiger partial charge is 0.342 e. The molecule has 0 fully saturated rings. The van der Waals surface area contributed by atoms with Crippen molar-refractivity contribution in [2.24, 2.45) is 0 Å². The number of hydrogen-bond acceptors (Lipinski definition) is 3. The van der Waals surface area contributed by atoms with E-state index in [1.54, 1.807) is 13.8 Å². The zero-order chi connectivity index (χ0) is 16.2. The van der Waals surface area contributed by atoms with Crippen LogP contribution in [0.25, 0.3) is 0 Å². The molecule has 1 aromatic rings. The molecule has 1 rings (SSSR count). The van der Waals surface area contributed by atoms with Crippen molar-refractivity contribution >= 4 is 15.9 Å². The fourth-order valence-corrected chi connectivity index (χ4v) is 2.97. The van der Waals surface area contributed by atoms with Crippen LogP contribution < -0.4 is 0 Å². The molecule has 0 atom stereocenters. The summed E-state index contributed by atoms with van der Waals surface area (Å²) in [5, 5.41) is 0. The van der Waals surface area contributed by atoms with Crippen LogP contribution in [0.15, 0.2) is 23.1 Å². The Morgan fingerprint density at radius 2 is 1.57 bits per heavy atom. The first kappa shape index (κ1) is 17.5. The minimum atomic E-state index is -4.12. The molecular weight excluding hydrogens is 302 g/mol. The molecule has 0 N–H and O–H groups in total. The Bertz CT molecular complexity index is 596. The molecule has 118 valence electrons. The van der Waals surface area contributed by atoms with E-state index >= 15 is 0 Å². The summed E-state index contributed by atoms with van der Waals surface area (Å²) >= 11 is 0. The topological polar surface area (TPSA) is 57.7 Å². The minimum absolute atomic E-state index is 0.372. The summed E-state index contributed by atoms with van der Waals surface area (Å²) in [5.41, 5.74) is 0. The van der Waals surface area contributed by atoms with Crippen LogP contribution >= 0.6 is 0 Å². The van der Waals surface area contributed by atoms with Gasteiger partial charge in [-0.2, -0.15) is 4.31 Å². The minimum Gasteiger partial charge on any atom is -0.342 e. The van der Waals surface area contributed by atoms with Crippen LogP contribution in [-0.4, -0.2) is 50.2 Å². The maximum absolute atomic E-state index is 13.1. The molecule has 0 saturated carbocycles. The lowest BCUT2D eigenvalue weighted by Crippen LogP contribution is -2.41. The fraction of sp³-hybridized carbons (Fsp3) is 0.462.